The van der Waals surface area contributed by atoms with Gasteiger partial charge in [-0.2, -0.15) is 0 Å². The van der Waals surface area contributed by atoms with E-state index < -0.39 is 0 Å². The highest BCUT2D eigenvalue weighted by molar-refractivity contribution is 6.21. The zero-order valence-corrected chi connectivity index (χ0v) is 12.0. The van der Waals surface area contributed by atoms with E-state index in [0.717, 1.165) is 23.3 Å². The van der Waals surface area contributed by atoms with E-state index in [-0.39, 0.29) is 16.0 Å². The molecule has 0 bridgehead atoms. The molecule has 108 valence electrons. The Kier molecular flexibility index (Phi) is 3.80. The van der Waals surface area contributed by atoms with E-state index in [1.54, 1.807) is 18.2 Å². The van der Waals surface area contributed by atoms with Crippen LogP contribution in [0, 0.1) is 10.1 Å². The van der Waals surface area contributed by atoms with Crippen LogP contribution in [0.3, 0.4) is 0 Å². The van der Waals surface area contributed by atoms with Gasteiger partial charge in [0.15, 0.2) is 0 Å². The molecule has 0 amide bonds. The number of halogens is 1. The summed E-state index contributed by atoms with van der Waals surface area (Å²) in [6, 6.07) is 12.6. The van der Waals surface area contributed by atoms with E-state index in [4.69, 9.17) is 16.3 Å². The minimum atomic E-state index is -0.366. The third-order valence-electron chi connectivity index (χ3n) is 3.66. The summed E-state index contributed by atoms with van der Waals surface area (Å²) in [5, 5.41) is 10.7. The Hall–Kier alpha value is -2.07. The monoisotopic (exact) mass is 303 g/mol. The summed E-state index contributed by atoms with van der Waals surface area (Å²) in [7, 11) is 0. The van der Waals surface area contributed by atoms with E-state index in [2.05, 4.69) is 0 Å². The summed E-state index contributed by atoms with van der Waals surface area (Å²) in [6.45, 7) is 0.704. The quantitative estimate of drug-likeness (QED) is 0.486. The van der Waals surface area contributed by atoms with Crippen LogP contribution in [0.2, 0.25) is 0 Å². The number of fused-ring (bicyclic) bond motifs is 1. The number of alkyl halides is 1. The molecule has 1 aliphatic rings. The Morgan fingerprint density at radius 2 is 2.10 bits per heavy atom. The molecule has 0 saturated heterocycles. The molecule has 0 radical (unpaired) electrons. The molecule has 0 saturated carbocycles. The SMILES string of the molecule is O=[N+]([O-])c1ccccc1CC(Cl)c1ccc2c(c1)CCO2. The molecule has 0 N–H and O–H groups in total. The highest BCUT2D eigenvalue weighted by Gasteiger charge is 2.19. The molecule has 5 heteroatoms. The van der Waals surface area contributed by atoms with Gasteiger partial charge in [-0.3, -0.25) is 10.1 Å². The second-order valence-electron chi connectivity index (χ2n) is 5.02. The average Bonchev–Trinajstić information content (AvgIpc) is 2.94. The Morgan fingerprint density at radius 3 is 2.90 bits per heavy atom. The molecule has 4 nitrogen and oxygen atoms in total. The maximum atomic E-state index is 11.0. The smallest absolute Gasteiger partial charge is 0.272 e. The molecule has 0 fully saturated rings. The lowest BCUT2D eigenvalue weighted by Crippen LogP contribution is -2.00. The molecule has 1 unspecified atom stereocenters. The van der Waals surface area contributed by atoms with Crippen LogP contribution in [0.4, 0.5) is 5.69 Å². The summed E-state index contributed by atoms with van der Waals surface area (Å²) in [5.41, 5.74) is 2.90. The summed E-state index contributed by atoms with van der Waals surface area (Å²) >= 11 is 6.46. The van der Waals surface area contributed by atoms with Crippen molar-refractivity contribution < 1.29 is 9.66 Å². The van der Waals surface area contributed by atoms with Crippen molar-refractivity contribution in [3.05, 3.63) is 69.3 Å². The van der Waals surface area contributed by atoms with Gasteiger partial charge < -0.3 is 4.74 Å². The first kappa shape index (κ1) is 13.9. The van der Waals surface area contributed by atoms with Crippen LogP contribution >= 0.6 is 11.6 Å². The summed E-state index contributed by atoms with van der Waals surface area (Å²) in [5.74, 6) is 0.910. The van der Waals surface area contributed by atoms with Crippen LogP contribution in [0.15, 0.2) is 42.5 Å². The lowest BCUT2D eigenvalue weighted by atomic mass is 10.0. The van der Waals surface area contributed by atoms with Gasteiger partial charge in [0, 0.05) is 18.1 Å². The fourth-order valence-electron chi connectivity index (χ4n) is 2.57. The van der Waals surface area contributed by atoms with Crippen molar-refractivity contribution in [3.63, 3.8) is 0 Å². The lowest BCUT2D eigenvalue weighted by molar-refractivity contribution is -0.385. The van der Waals surface area contributed by atoms with Gasteiger partial charge in [0.25, 0.3) is 5.69 Å². The number of hydrogen-bond acceptors (Lipinski definition) is 3. The number of hydrogen-bond donors (Lipinski definition) is 0. The molecule has 2 aromatic rings. The fraction of sp³-hybridized carbons (Fsp3) is 0.250. The molecular formula is C16H14ClNO3. The molecule has 0 spiro atoms. The van der Waals surface area contributed by atoms with Crippen LogP contribution in [0.5, 0.6) is 5.75 Å². The van der Waals surface area contributed by atoms with Crippen molar-refractivity contribution in [3.8, 4) is 5.75 Å². The Labute approximate surface area is 127 Å². The number of nitrogens with zero attached hydrogens (tertiary/aromatic N) is 1. The van der Waals surface area contributed by atoms with Crippen molar-refractivity contribution in [2.24, 2.45) is 0 Å². The molecule has 2 aromatic carbocycles. The third kappa shape index (κ3) is 2.85. The Bertz CT molecular complexity index is 687. The highest BCUT2D eigenvalue weighted by atomic mass is 35.5. The van der Waals surface area contributed by atoms with Gasteiger partial charge in [-0.1, -0.05) is 30.3 Å². The van der Waals surface area contributed by atoms with Crippen LogP contribution in [0.25, 0.3) is 0 Å². The molecule has 21 heavy (non-hydrogen) atoms. The minimum Gasteiger partial charge on any atom is -0.493 e. The maximum Gasteiger partial charge on any atom is 0.272 e. The van der Waals surface area contributed by atoms with Gasteiger partial charge in [-0.15, -0.1) is 11.6 Å². The number of para-hydroxylation sites is 1. The summed E-state index contributed by atoms with van der Waals surface area (Å²) in [6.07, 6.45) is 1.32. The topological polar surface area (TPSA) is 52.4 Å². The van der Waals surface area contributed by atoms with E-state index in [9.17, 15) is 10.1 Å². The molecule has 0 aromatic heterocycles. The van der Waals surface area contributed by atoms with E-state index in [1.165, 1.54) is 6.07 Å². The van der Waals surface area contributed by atoms with Gasteiger partial charge in [-0.25, -0.2) is 0 Å². The number of rotatable bonds is 4. The highest BCUT2D eigenvalue weighted by Crippen LogP contribution is 2.33. The number of benzene rings is 2. The van der Waals surface area contributed by atoms with Gasteiger partial charge in [-0.05, 0) is 23.6 Å². The van der Waals surface area contributed by atoms with Crippen molar-refractivity contribution in [2.75, 3.05) is 6.61 Å². The Morgan fingerprint density at radius 1 is 1.29 bits per heavy atom. The lowest BCUT2D eigenvalue weighted by Gasteiger charge is -2.11. The largest absolute Gasteiger partial charge is 0.493 e. The summed E-state index contributed by atoms with van der Waals surface area (Å²) in [4.78, 5) is 10.7. The third-order valence-corrected chi connectivity index (χ3v) is 4.07. The maximum absolute atomic E-state index is 11.0. The first-order chi connectivity index (χ1) is 10.1. The van der Waals surface area contributed by atoms with Gasteiger partial charge in [0.2, 0.25) is 0 Å². The number of nitro groups is 1. The van der Waals surface area contributed by atoms with E-state index in [1.807, 2.05) is 18.2 Å². The van der Waals surface area contributed by atoms with Gasteiger partial charge >= 0.3 is 0 Å². The van der Waals surface area contributed by atoms with E-state index in [0.29, 0.717) is 18.6 Å². The van der Waals surface area contributed by atoms with E-state index >= 15 is 0 Å². The minimum absolute atomic E-state index is 0.118. The zero-order chi connectivity index (χ0) is 14.8. The van der Waals surface area contributed by atoms with Gasteiger partial charge in [0.05, 0.1) is 16.9 Å². The number of nitro benzene ring substituents is 1. The first-order valence-electron chi connectivity index (χ1n) is 6.77. The molecule has 1 heterocycles. The first-order valence-corrected chi connectivity index (χ1v) is 7.21. The molecule has 1 aliphatic heterocycles. The number of ether oxygens (including phenoxy) is 1. The standard InChI is InChI=1S/C16H14ClNO3/c17-14(10-12-3-1-2-4-15(12)18(19)20)11-5-6-16-13(9-11)7-8-21-16/h1-6,9,14H,7-8,10H2. The second kappa shape index (κ2) is 5.74. The van der Waals surface area contributed by atoms with Crippen LogP contribution in [-0.2, 0) is 12.8 Å². The normalized spacial score (nSPS) is 14.3. The molecular weight excluding hydrogens is 290 g/mol. The Balaban J connectivity index is 1.83. The van der Waals surface area contributed by atoms with Crippen molar-refractivity contribution >= 4 is 17.3 Å². The van der Waals surface area contributed by atoms with Crippen molar-refractivity contribution in [2.45, 2.75) is 18.2 Å². The van der Waals surface area contributed by atoms with Crippen LogP contribution < -0.4 is 4.74 Å². The predicted molar refractivity (Wildman–Crippen MR) is 81.0 cm³/mol. The summed E-state index contributed by atoms with van der Waals surface area (Å²) < 4.78 is 5.47. The fourth-order valence-corrected chi connectivity index (χ4v) is 2.88. The second-order valence-corrected chi connectivity index (χ2v) is 5.55. The molecule has 1 atom stereocenters. The molecule has 0 aliphatic carbocycles. The zero-order valence-electron chi connectivity index (χ0n) is 11.3. The average molecular weight is 304 g/mol. The van der Waals surface area contributed by atoms with Crippen LogP contribution in [-0.4, -0.2) is 11.5 Å². The van der Waals surface area contributed by atoms with Gasteiger partial charge in [0.1, 0.15) is 5.75 Å². The van der Waals surface area contributed by atoms with Crippen molar-refractivity contribution in [1.29, 1.82) is 0 Å². The predicted octanol–water partition coefficient (Wildman–Crippen LogP) is 4.05. The molecule has 3 rings (SSSR count). The van der Waals surface area contributed by atoms with Crippen LogP contribution in [0.1, 0.15) is 22.1 Å². The van der Waals surface area contributed by atoms with Crippen molar-refractivity contribution in [1.82, 2.24) is 0 Å².